The third kappa shape index (κ3) is 5.92. The summed E-state index contributed by atoms with van der Waals surface area (Å²) in [6.07, 6.45) is 5.12. The van der Waals surface area contributed by atoms with E-state index in [0.29, 0.717) is 43.2 Å². The summed E-state index contributed by atoms with van der Waals surface area (Å²) < 4.78 is 7.72. The first-order chi connectivity index (χ1) is 20.2. The Morgan fingerprint density at radius 3 is 2.48 bits per heavy atom. The maximum absolute atomic E-state index is 12.9. The van der Waals surface area contributed by atoms with E-state index in [1.54, 1.807) is 32.5 Å². The van der Waals surface area contributed by atoms with Crippen LogP contribution in [0.1, 0.15) is 31.5 Å². The molecule has 9 heteroatoms. The lowest BCUT2D eigenvalue weighted by molar-refractivity contribution is -0.137. The molecule has 0 saturated heterocycles. The summed E-state index contributed by atoms with van der Waals surface area (Å²) in [4.78, 5) is 46.1. The van der Waals surface area contributed by atoms with Gasteiger partial charge < -0.3 is 24.4 Å². The van der Waals surface area contributed by atoms with E-state index in [1.165, 1.54) is 9.80 Å². The highest BCUT2D eigenvalue weighted by Crippen LogP contribution is 2.39. The Labute approximate surface area is 245 Å². The Bertz CT molecular complexity index is 1680. The van der Waals surface area contributed by atoms with Crippen LogP contribution >= 0.6 is 0 Å². The number of carbonyl (C=O) groups excluding carboxylic acids is 2. The largest absolute Gasteiger partial charge is 0.493 e. The minimum atomic E-state index is -1.14. The Hall–Kier alpha value is -4.50. The first-order valence-corrected chi connectivity index (χ1v) is 14.2. The van der Waals surface area contributed by atoms with E-state index in [4.69, 9.17) is 4.74 Å². The standard InChI is InChI=1S/C33H37N5O4/c1-33(2)31(40)36(3)28-11-10-26(21-29(28)37(4)32(33)41)42-19-7-15-34-22-23-12-16-35-25(20-23)14-18-38-17-13-24-8-5-6-9-27(24)30(38)39/h5-6,8-13,16-17,20-21,34H,7,14-15,18-19,22H2,1-4H3. The molecule has 0 aliphatic carbocycles. The van der Waals surface area contributed by atoms with Crippen molar-refractivity contribution in [1.29, 1.82) is 0 Å². The van der Waals surface area contributed by atoms with Crippen molar-refractivity contribution in [2.75, 3.05) is 37.0 Å². The fourth-order valence-electron chi connectivity index (χ4n) is 5.33. The zero-order valence-electron chi connectivity index (χ0n) is 24.6. The maximum atomic E-state index is 12.9. The van der Waals surface area contributed by atoms with Crippen LogP contribution in [-0.2, 0) is 29.1 Å². The summed E-state index contributed by atoms with van der Waals surface area (Å²) in [5, 5.41) is 5.13. The average molecular weight is 568 g/mol. The Morgan fingerprint density at radius 1 is 0.905 bits per heavy atom. The molecule has 0 bridgehead atoms. The molecule has 2 amide bonds. The van der Waals surface area contributed by atoms with Crippen LogP contribution in [0.3, 0.4) is 0 Å². The number of pyridine rings is 2. The van der Waals surface area contributed by atoms with Crippen LogP contribution in [0.25, 0.3) is 10.8 Å². The third-order valence-corrected chi connectivity index (χ3v) is 7.82. The number of carbonyl (C=O) groups is 2. The molecule has 9 nitrogen and oxygen atoms in total. The van der Waals surface area contributed by atoms with Crippen molar-refractivity contribution in [3.63, 3.8) is 0 Å². The molecule has 5 rings (SSSR count). The van der Waals surface area contributed by atoms with E-state index >= 15 is 0 Å². The van der Waals surface area contributed by atoms with Gasteiger partial charge >= 0.3 is 0 Å². The first kappa shape index (κ1) is 29.0. The van der Waals surface area contributed by atoms with Gasteiger partial charge in [0.15, 0.2) is 0 Å². The number of benzene rings is 2. The predicted octanol–water partition coefficient (Wildman–Crippen LogP) is 4.16. The summed E-state index contributed by atoms with van der Waals surface area (Å²) in [6.45, 7) is 5.85. The van der Waals surface area contributed by atoms with Crippen LogP contribution in [-0.4, -0.2) is 48.6 Å². The summed E-state index contributed by atoms with van der Waals surface area (Å²) in [5.41, 5.74) is 2.28. The molecule has 2 aromatic carbocycles. The molecule has 42 heavy (non-hydrogen) atoms. The van der Waals surface area contributed by atoms with Crippen molar-refractivity contribution < 1.29 is 14.3 Å². The van der Waals surface area contributed by atoms with Crippen LogP contribution < -0.4 is 25.4 Å². The maximum Gasteiger partial charge on any atom is 0.258 e. The molecule has 0 radical (unpaired) electrons. The SMILES string of the molecule is CN1C(=O)C(C)(C)C(=O)N(C)c2cc(OCCCNCc3ccnc(CCn4ccc5ccccc5c4=O)c3)ccc21. The van der Waals surface area contributed by atoms with Crippen LogP contribution in [0.2, 0.25) is 0 Å². The number of hydrogen-bond acceptors (Lipinski definition) is 6. The van der Waals surface area contributed by atoms with Crippen molar-refractivity contribution in [2.24, 2.45) is 5.41 Å². The van der Waals surface area contributed by atoms with Gasteiger partial charge in [-0.2, -0.15) is 0 Å². The molecule has 0 unspecified atom stereocenters. The molecule has 2 aromatic heterocycles. The zero-order chi connectivity index (χ0) is 29.9. The van der Waals surface area contributed by atoms with Gasteiger partial charge in [-0.25, -0.2) is 0 Å². The molecule has 1 aliphatic rings. The number of fused-ring (bicyclic) bond motifs is 2. The van der Waals surface area contributed by atoms with Gasteiger partial charge in [0.25, 0.3) is 5.56 Å². The number of nitrogens with one attached hydrogen (secondary N) is 1. The van der Waals surface area contributed by atoms with Gasteiger partial charge in [-0.3, -0.25) is 19.4 Å². The molecule has 218 valence electrons. The molecular formula is C33H37N5O4. The third-order valence-electron chi connectivity index (χ3n) is 7.82. The molecule has 1 N–H and O–H groups in total. The second-order valence-electron chi connectivity index (χ2n) is 11.2. The lowest BCUT2D eigenvalue weighted by Gasteiger charge is -2.25. The fourth-order valence-corrected chi connectivity index (χ4v) is 5.33. The van der Waals surface area contributed by atoms with E-state index < -0.39 is 5.41 Å². The van der Waals surface area contributed by atoms with Crippen molar-refractivity contribution in [2.45, 2.75) is 39.8 Å². The van der Waals surface area contributed by atoms with Gasteiger partial charge in [0.05, 0.1) is 18.0 Å². The predicted molar refractivity (Wildman–Crippen MR) is 165 cm³/mol. The van der Waals surface area contributed by atoms with E-state index in [1.807, 2.05) is 67.0 Å². The first-order valence-electron chi connectivity index (χ1n) is 14.2. The second kappa shape index (κ2) is 12.2. The highest BCUT2D eigenvalue weighted by atomic mass is 16.5. The summed E-state index contributed by atoms with van der Waals surface area (Å²) in [6, 6.07) is 19.1. The molecular weight excluding hydrogens is 530 g/mol. The number of anilines is 2. The van der Waals surface area contributed by atoms with Crippen LogP contribution in [0.15, 0.2) is 77.9 Å². The van der Waals surface area contributed by atoms with Crippen LogP contribution in [0.5, 0.6) is 5.75 Å². The van der Waals surface area contributed by atoms with E-state index in [2.05, 4.69) is 16.4 Å². The molecule has 1 aliphatic heterocycles. The van der Waals surface area contributed by atoms with E-state index in [9.17, 15) is 14.4 Å². The van der Waals surface area contributed by atoms with Gasteiger partial charge in [0, 0.05) is 63.1 Å². The number of amides is 2. The van der Waals surface area contributed by atoms with Gasteiger partial charge in [0.2, 0.25) is 11.8 Å². The van der Waals surface area contributed by atoms with Crippen molar-refractivity contribution in [3.05, 3.63) is 94.7 Å². The van der Waals surface area contributed by atoms with Gasteiger partial charge in [-0.05, 0) is 74.2 Å². The second-order valence-corrected chi connectivity index (χ2v) is 11.2. The lowest BCUT2D eigenvalue weighted by atomic mass is 9.90. The summed E-state index contributed by atoms with van der Waals surface area (Å²) in [5.74, 6) is 0.166. The number of aromatic nitrogens is 2. The van der Waals surface area contributed by atoms with Crippen molar-refractivity contribution in [3.8, 4) is 5.75 Å². The minimum Gasteiger partial charge on any atom is -0.493 e. The van der Waals surface area contributed by atoms with Crippen molar-refractivity contribution >= 4 is 34.0 Å². The smallest absolute Gasteiger partial charge is 0.258 e. The zero-order valence-corrected chi connectivity index (χ0v) is 24.6. The number of ether oxygens (including phenoxy) is 1. The Balaban J connectivity index is 1.09. The topological polar surface area (TPSA) is 96.8 Å². The van der Waals surface area contributed by atoms with E-state index in [0.717, 1.165) is 35.0 Å². The highest BCUT2D eigenvalue weighted by molar-refractivity contribution is 6.19. The molecule has 4 aromatic rings. The lowest BCUT2D eigenvalue weighted by Crippen LogP contribution is -2.46. The van der Waals surface area contributed by atoms with Crippen molar-refractivity contribution in [1.82, 2.24) is 14.9 Å². The normalized spacial score (nSPS) is 14.7. The number of rotatable bonds is 10. The Morgan fingerprint density at radius 2 is 1.67 bits per heavy atom. The molecule has 0 fully saturated rings. The molecule has 0 atom stereocenters. The highest BCUT2D eigenvalue weighted by Gasteiger charge is 2.44. The minimum absolute atomic E-state index is 0.0194. The quantitative estimate of drug-likeness (QED) is 0.228. The van der Waals surface area contributed by atoms with Crippen LogP contribution in [0.4, 0.5) is 11.4 Å². The monoisotopic (exact) mass is 567 g/mol. The van der Waals surface area contributed by atoms with E-state index in [-0.39, 0.29) is 17.4 Å². The number of nitrogens with zero attached hydrogens (tertiary/aromatic N) is 4. The molecule has 0 spiro atoms. The fraction of sp³-hybridized carbons (Fsp3) is 0.333. The van der Waals surface area contributed by atoms with Gasteiger partial charge in [-0.15, -0.1) is 0 Å². The molecule has 3 heterocycles. The van der Waals surface area contributed by atoms with Gasteiger partial charge in [-0.1, -0.05) is 18.2 Å². The summed E-state index contributed by atoms with van der Waals surface area (Å²) in [7, 11) is 3.39. The van der Waals surface area contributed by atoms with Gasteiger partial charge in [0.1, 0.15) is 11.2 Å². The van der Waals surface area contributed by atoms with Crippen LogP contribution in [0, 0.1) is 5.41 Å². The average Bonchev–Trinajstić information content (AvgIpc) is 3.04. The Kier molecular flexibility index (Phi) is 8.40. The summed E-state index contributed by atoms with van der Waals surface area (Å²) >= 11 is 0. The molecule has 0 saturated carbocycles. The number of hydrogen-bond donors (Lipinski definition) is 1. The number of aryl methyl sites for hydroxylation is 2.